The van der Waals surface area contributed by atoms with E-state index in [9.17, 15) is 4.39 Å². The molecule has 1 aromatic carbocycles. The average molecular weight is 505 g/mol. The molecule has 2 aromatic rings. The molecule has 0 amide bonds. The molecule has 1 unspecified atom stereocenters. The van der Waals surface area contributed by atoms with Gasteiger partial charge >= 0.3 is 0 Å². The summed E-state index contributed by atoms with van der Waals surface area (Å²) in [4.78, 5) is 6.02. The summed E-state index contributed by atoms with van der Waals surface area (Å²) >= 11 is 1.80. The predicted molar refractivity (Wildman–Crippen MR) is 123 cm³/mol. The van der Waals surface area contributed by atoms with Gasteiger partial charge in [0.1, 0.15) is 5.82 Å². The van der Waals surface area contributed by atoms with Gasteiger partial charge in [0.05, 0.1) is 13.2 Å². The number of benzene rings is 1. The Morgan fingerprint density at radius 1 is 1.30 bits per heavy atom. The molecule has 2 N–H and O–H groups in total. The Kier molecular flexibility index (Phi) is 11.5. The monoisotopic (exact) mass is 505 g/mol. The number of thiophene rings is 1. The summed E-state index contributed by atoms with van der Waals surface area (Å²) in [5.74, 6) is 1.05. The highest BCUT2D eigenvalue weighted by Crippen LogP contribution is 2.14. The minimum absolute atomic E-state index is 0. The van der Waals surface area contributed by atoms with Crippen LogP contribution in [0.5, 0.6) is 0 Å². The number of halogens is 2. The molecular weight excluding hydrogens is 476 g/mol. The maximum absolute atomic E-state index is 13.7. The lowest BCUT2D eigenvalue weighted by Gasteiger charge is -2.15. The van der Waals surface area contributed by atoms with Crippen LogP contribution in [-0.2, 0) is 24.3 Å². The van der Waals surface area contributed by atoms with Crippen molar-refractivity contribution in [2.75, 3.05) is 20.2 Å². The van der Waals surface area contributed by atoms with Crippen molar-refractivity contribution in [1.82, 2.24) is 10.6 Å². The lowest BCUT2D eigenvalue weighted by Crippen LogP contribution is -2.39. The number of rotatable bonds is 9. The first-order valence-corrected chi connectivity index (χ1v) is 9.81. The molecule has 0 saturated carbocycles. The van der Waals surface area contributed by atoms with Crippen molar-refractivity contribution in [3.05, 3.63) is 57.5 Å². The van der Waals surface area contributed by atoms with Gasteiger partial charge in [0, 0.05) is 30.6 Å². The topological polar surface area (TPSA) is 45.7 Å². The van der Waals surface area contributed by atoms with E-state index in [-0.39, 0.29) is 36.4 Å². The van der Waals surface area contributed by atoms with E-state index < -0.39 is 0 Å². The van der Waals surface area contributed by atoms with E-state index in [0.717, 1.165) is 31.0 Å². The van der Waals surface area contributed by atoms with Gasteiger partial charge in [-0.2, -0.15) is 0 Å². The van der Waals surface area contributed by atoms with Gasteiger partial charge in [0.2, 0.25) is 0 Å². The fourth-order valence-electron chi connectivity index (χ4n) is 2.62. The van der Waals surface area contributed by atoms with Crippen LogP contribution >= 0.6 is 35.3 Å². The second-order valence-electron chi connectivity index (χ2n) is 6.32. The van der Waals surface area contributed by atoms with Crippen molar-refractivity contribution >= 4 is 41.3 Å². The standard InChI is InChI=1S/C20H28FN3OS.HI/c1-4-22-20(23-12-15(2)10-18-6-5-9-26-18)24-13-16-7-8-19(21)17(11-16)14-25-3;/h5-9,11,15H,4,10,12-14H2,1-3H3,(H2,22,23,24);1H. The summed E-state index contributed by atoms with van der Waals surface area (Å²) in [6.07, 6.45) is 1.06. The number of nitrogens with zero attached hydrogens (tertiary/aromatic N) is 1. The smallest absolute Gasteiger partial charge is 0.191 e. The van der Waals surface area contributed by atoms with Gasteiger partial charge in [-0.25, -0.2) is 9.38 Å². The Balaban J connectivity index is 0.00000364. The number of ether oxygens (including phenoxy) is 1. The summed E-state index contributed by atoms with van der Waals surface area (Å²) in [5.41, 5.74) is 1.52. The summed E-state index contributed by atoms with van der Waals surface area (Å²) in [6, 6.07) is 9.31. The summed E-state index contributed by atoms with van der Waals surface area (Å²) in [7, 11) is 1.56. The first-order chi connectivity index (χ1) is 12.6. The molecule has 2 rings (SSSR count). The molecule has 0 aliphatic carbocycles. The second-order valence-corrected chi connectivity index (χ2v) is 7.36. The van der Waals surface area contributed by atoms with E-state index in [1.807, 2.05) is 13.0 Å². The molecule has 1 aromatic heterocycles. The van der Waals surface area contributed by atoms with Crippen LogP contribution in [0.3, 0.4) is 0 Å². The number of guanidine groups is 1. The molecule has 0 aliphatic rings. The van der Waals surface area contributed by atoms with Crippen molar-refractivity contribution in [2.45, 2.75) is 33.4 Å². The van der Waals surface area contributed by atoms with Gasteiger partial charge in [0.15, 0.2) is 5.96 Å². The van der Waals surface area contributed by atoms with Crippen molar-refractivity contribution in [3.63, 3.8) is 0 Å². The maximum Gasteiger partial charge on any atom is 0.191 e. The molecule has 7 heteroatoms. The van der Waals surface area contributed by atoms with Gasteiger partial charge in [0.25, 0.3) is 0 Å². The second kappa shape index (κ2) is 13.1. The van der Waals surface area contributed by atoms with Crippen molar-refractivity contribution < 1.29 is 9.13 Å². The largest absolute Gasteiger partial charge is 0.380 e. The van der Waals surface area contributed by atoms with Crippen molar-refractivity contribution in [1.29, 1.82) is 0 Å². The van der Waals surface area contributed by atoms with Crippen LogP contribution in [-0.4, -0.2) is 26.2 Å². The van der Waals surface area contributed by atoms with Crippen LogP contribution in [0.1, 0.15) is 29.9 Å². The average Bonchev–Trinajstić information content (AvgIpc) is 3.13. The van der Waals surface area contributed by atoms with E-state index in [0.29, 0.717) is 18.0 Å². The number of methoxy groups -OCH3 is 1. The highest BCUT2D eigenvalue weighted by Gasteiger charge is 2.07. The third-order valence-electron chi connectivity index (χ3n) is 3.92. The van der Waals surface area contributed by atoms with Crippen LogP contribution in [0.4, 0.5) is 4.39 Å². The Labute approximate surface area is 182 Å². The minimum atomic E-state index is -0.244. The Morgan fingerprint density at radius 3 is 2.78 bits per heavy atom. The maximum atomic E-state index is 13.7. The molecule has 0 aliphatic heterocycles. The lowest BCUT2D eigenvalue weighted by atomic mass is 10.1. The zero-order valence-electron chi connectivity index (χ0n) is 16.1. The zero-order valence-corrected chi connectivity index (χ0v) is 19.3. The highest BCUT2D eigenvalue weighted by molar-refractivity contribution is 14.0. The van der Waals surface area contributed by atoms with E-state index in [1.165, 1.54) is 10.9 Å². The third-order valence-corrected chi connectivity index (χ3v) is 4.82. The summed E-state index contributed by atoms with van der Waals surface area (Å²) < 4.78 is 18.7. The molecule has 4 nitrogen and oxygen atoms in total. The van der Waals surface area contributed by atoms with E-state index in [1.54, 1.807) is 24.5 Å². The number of hydrogen-bond donors (Lipinski definition) is 2. The molecule has 0 bridgehead atoms. The fraction of sp³-hybridized carbons (Fsp3) is 0.450. The summed E-state index contributed by atoms with van der Waals surface area (Å²) in [6.45, 7) is 6.67. The molecule has 0 spiro atoms. The van der Waals surface area contributed by atoms with Crippen molar-refractivity contribution in [3.8, 4) is 0 Å². The Bertz CT molecular complexity index is 695. The van der Waals surface area contributed by atoms with Gasteiger partial charge in [-0.3, -0.25) is 0 Å². The lowest BCUT2D eigenvalue weighted by molar-refractivity contribution is 0.181. The number of hydrogen-bond acceptors (Lipinski definition) is 3. The van der Waals surface area contributed by atoms with Crippen LogP contribution < -0.4 is 10.6 Å². The molecule has 0 radical (unpaired) electrons. The molecular formula is C20H29FIN3OS. The zero-order chi connectivity index (χ0) is 18.8. The summed E-state index contributed by atoms with van der Waals surface area (Å²) in [5, 5.41) is 8.77. The fourth-order valence-corrected chi connectivity index (χ4v) is 3.49. The van der Waals surface area contributed by atoms with Crippen molar-refractivity contribution in [2.24, 2.45) is 10.9 Å². The quantitative estimate of drug-likeness (QED) is 0.298. The van der Waals surface area contributed by atoms with E-state index in [4.69, 9.17) is 4.74 Å². The number of nitrogens with one attached hydrogen (secondary N) is 2. The molecule has 0 saturated heterocycles. The number of aliphatic imine (C=N–C) groups is 1. The van der Waals surface area contributed by atoms with Crippen LogP contribution in [0.2, 0.25) is 0 Å². The van der Waals surface area contributed by atoms with Gasteiger partial charge < -0.3 is 15.4 Å². The predicted octanol–water partition coefficient (Wildman–Crippen LogP) is 4.59. The normalized spacial score (nSPS) is 12.4. The van der Waals surface area contributed by atoms with Gasteiger partial charge in [-0.05, 0) is 48.4 Å². The molecule has 1 heterocycles. The Hall–Kier alpha value is -1.19. The molecule has 1 atom stereocenters. The van der Waals surface area contributed by atoms with Crippen LogP contribution in [0.25, 0.3) is 0 Å². The Morgan fingerprint density at radius 2 is 2.11 bits per heavy atom. The van der Waals surface area contributed by atoms with Gasteiger partial charge in [-0.15, -0.1) is 35.3 Å². The SMILES string of the molecule is CCNC(=NCc1ccc(F)c(COC)c1)NCC(C)Cc1cccs1.I. The molecule has 150 valence electrons. The van der Waals surface area contributed by atoms with Gasteiger partial charge in [-0.1, -0.05) is 19.1 Å². The van der Waals surface area contributed by atoms with E-state index in [2.05, 4.69) is 40.1 Å². The van der Waals surface area contributed by atoms with Crippen LogP contribution in [0.15, 0.2) is 40.7 Å². The first kappa shape index (κ1) is 23.8. The minimum Gasteiger partial charge on any atom is -0.380 e. The van der Waals surface area contributed by atoms with Crippen LogP contribution in [0, 0.1) is 11.7 Å². The third kappa shape index (κ3) is 8.57. The van der Waals surface area contributed by atoms with E-state index >= 15 is 0 Å². The molecule has 0 fully saturated rings. The molecule has 27 heavy (non-hydrogen) atoms. The first-order valence-electron chi connectivity index (χ1n) is 8.93. The highest BCUT2D eigenvalue weighted by atomic mass is 127.